The molecule has 0 saturated carbocycles. The maximum atomic E-state index is 13.3. The predicted octanol–water partition coefficient (Wildman–Crippen LogP) is 5.90. The van der Waals surface area contributed by atoms with Gasteiger partial charge in [-0.1, -0.05) is 56.7 Å². The third-order valence-corrected chi connectivity index (χ3v) is 10.2. The standard InChI is InChI=1S/C22H26NO4PS/c1-17-11-14-20(15-12-17)29(24,25)23-28(22(3,4)5,21-16-13-18(2)26-21)27-19-9-7-6-8-10-19/h6-16H,1-5H3/t28-/m1/s1. The molecule has 7 heteroatoms. The average Bonchev–Trinajstić information content (AvgIpc) is 3.08. The number of rotatable bonds is 5. The molecule has 29 heavy (non-hydrogen) atoms. The summed E-state index contributed by atoms with van der Waals surface area (Å²) >= 11 is 0. The molecule has 0 radical (unpaired) electrons. The quantitative estimate of drug-likeness (QED) is 0.471. The number of sulfonamides is 1. The first-order valence-corrected chi connectivity index (χ1v) is 12.4. The second-order valence-electron chi connectivity index (χ2n) is 7.91. The highest BCUT2D eigenvalue weighted by Crippen LogP contribution is 2.61. The number of benzene rings is 2. The zero-order valence-corrected chi connectivity index (χ0v) is 19.0. The Kier molecular flexibility index (Phi) is 5.79. The van der Waals surface area contributed by atoms with E-state index >= 15 is 0 Å². The minimum atomic E-state index is -3.99. The third-order valence-electron chi connectivity index (χ3n) is 4.46. The van der Waals surface area contributed by atoms with E-state index in [0.29, 0.717) is 17.0 Å². The molecule has 5 nitrogen and oxygen atoms in total. The van der Waals surface area contributed by atoms with E-state index in [2.05, 4.69) is 4.15 Å². The molecule has 1 aromatic heterocycles. The van der Waals surface area contributed by atoms with Crippen LogP contribution in [0.1, 0.15) is 32.1 Å². The van der Waals surface area contributed by atoms with Gasteiger partial charge in [-0.15, -0.1) is 4.15 Å². The molecule has 0 bridgehead atoms. The average molecular weight is 431 g/mol. The number of furan rings is 1. The van der Waals surface area contributed by atoms with Gasteiger partial charge in [-0.25, -0.2) is 0 Å². The number of aryl methyl sites for hydroxylation is 2. The molecule has 0 unspecified atom stereocenters. The van der Waals surface area contributed by atoms with Crippen molar-refractivity contribution in [1.29, 1.82) is 0 Å². The van der Waals surface area contributed by atoms with Crippen LogP contribution in [0.15, 0.2) is 80.2 Å². The second-order valence-corrected chi connectivity index (χ2v) is 13.1. The van der Waals surface area contributed by atoms with E-state index in [1.165, 1.54) is 0 Å². The van der Waals surface area contributed by atoms with Crippen LogP contribution in [-0.2, 0) is 10.0 Å². The Labute approximate surface area is 172 Å². The number of para-hydroxylation sites is 1. The van der Waals surface area contributed by atoms with Crippen LogP contribution in [-0.4, -0.2) is 13.6 Å². The molecule has 0 saturated heterocycles. The zero-order chi connectivity index (χ0) is 21.3. The molecule has 0 aliphatic rings. The number of nitrogens with zero attached hydrogens (tertiary/aromatic N) is 1. The van der Waals surface area contributed by atoms with E-state index in [1.54, 1.807) is 48.5 Å². The molecule has 154 valence electrons. The van der Waals surface area contributed by atoms with Crippen molar-refractivity contribution in [3.05, 3.63) is 78.1 Å². The molecule has 1 atom stereocenters. The molecule has 0 aliphatic carbocycles. The number of hydrogen-bond donors (Lipinski definition) is 0. The van der Waals surface area contributed by atoms with Crippen molar-refractivity contribution in [2.24, 2.45) is 4.15 Å². The van der Waals surface area contributed by atoms with Crippen molar-refractivity contribution in [2.75, 3.05) is 0 Å². The van der Waals surface area contributed by atoms with Crippen LogP contribution in [0.25, 0.3) is 0 Å². The Morgan fingerprint density at radius 3 is 2.03 bits per heavy atom. The normalized spacial score (nSPS) is 14.2. The van der Waals surface area contributed by atoms with Crippen LogP contribution in [0, 0.1) is 13.8 Å². The van der Waals surface area contributed by atoms with Gasteiger partial charge in [0.1, 0.15) is 11.5 Å². The molecule has 3 rings (SSSR count). The maximum absolute atomic E-state index is 13.3. The molecule has 2 aromatic carbocycles. The summed E-state index contributed by atoms with van der Waals surface area (Å²) in [5.74, 6) is 1.22. The van der Waals surface area contributed by atoms with E-state index in [0.717, 1.165) is 5.56 Å². The van der Waals surface area contributed by atoms with Gasteiger partial charge in [-0.3, -0.25) is 0 Å². The van der Waals surface area contributed by atoms with Gasteiger partial charge in [0, 0.05) is 5.16 Å². The maximum Gasteiger partial charge on any atom is 0.284 e. The fourth-order valence-corrected chi connectivity index (χ4v) is 8.32. The molecule has 0 fully saturated rings. The molecule has 1 heterocycles. The van der Waals surface area contributed by atoms with E-state index < -0.39 is 22.5 Å². The first kappa shape index (κ1) is 21.4. The van der Waals surface area contributed by atoms with E-state index in [1.807, 2.05) is 52.8 Å². The van der Waals surface area contributed by atoms with Gasteiger partial charge in [0.15, 0.2) is 5.50 Å². The monoisotopic (exact) mass is 431 g/mol. The van der Waals surface area contributed by atoms with Crippen molar-refractivity contribution in [2.45, 2.75) is 44.7 Å². The summed E-state index contributed by atoms with van der Waals surface area (Å²) in [4.78, 5) is 0.136. The fraction of sp³-hybridized carbons (Fsp3) is 0.273. The van der Waals surface area contributed by atoms with Gasteiger partial charge >= 0.3 is 0 Å². The van der Waals surface area contributed by atoms with Crippen LogP contribution in [0.2, 0.25) is 0 Å². The molecular formula is C22H26NO4PS. The Hall–Kier alpha value is -2.30. The molecule has 0 amide bonds. The Morgan fingerprint density at radius 2 is 1.52 bits per heavy atom. The fourth-order valence-electron chi connectivity index (χ4n) is 2.82. The highest BCUT2D eigenvalue weighted by Gasteiger charge is 2.43. The summed E-state index contributed by atoms with van der Waals surface area (Å²) in [6.07, 6.45) is 0. The van der Waals surface area contributed by atoms with Crippen LogP contribution in [0.5, 0.6) is 5.75 Å². The van der Waals surface area contributed by atoms with Gasteiger partial charge in [0.25, 0.3) is 10.0 Å². The Bertz CT molecular complexity index is 1140. The smallest absolute Gasteiger partial charge is 0.284 e. The minimum Gasteiger partial charge on any atom is -0.457 e. The Balaban J connectivity index is 2.31. The lowest BCUT2D eigenvalue weighted by Crippen LogP contribution is -2.27. The summed E-state index contributed by atoms with van der Waals surface area (Å²) in [7, 11) is -7.15. The van der Waals surface area contributed by atoms with Gasteiger partial charge in [0.05, 0.1) is 4.90 Å². The lowest BCUT2D eigenvalue weighted by Gasteiger charge is -2.34. The van der Waals surface area contributed by atoms with Gasteiger partial charge in [-0.2, -0.15) is 8.42 Å². The van der Waals surface area contributed by atoms with Gasteiger partial charge in [-0.05, 0) is 50.2 Å². The van der Waals surface area contributed by atoms with Crippen LogP contribution in [0.4, 0.5) is 0 Å². The SMILES string of the molecule is Cc1ccc(S(=O)(=O)N=[P@@](Oc2ccccc2)(c2ccc(C)o2)C(C)(C)C)cc1. The van der Waals surface area contributed by atoms with Crippen molar-refractivity contribution >= 4 is 22.8 Å². The van der Waals surface area contributed by atoms with Crippen LogP contribution >= 0.6 is 7.28 Å². The lowest BCUT2D eigenvalue weighted by atomic mass is 10.2. The lowest BCUT2D eigenvalue weighted by molar-refractivity contribution is 0.526. The second kappa shape index (κ2) is 7.85. The molecule has 0 aliphatic heterocycles. The van der Waals surface area contributed by atoms with Crippen molar-refractivity contribution in [3.63, 3.8) is 0 Å². The summed E-state index contributed by atoms with van der Waals surface area (Å²) in [5.41, 5.74) is 1.42. The summed E-state index contributed by atoms with van der Waals surface area (Å²) < 4.78 is 43.4. The molecule has 3 aromatic rings. The highest BCUT2D eigenvalue weighted by atomic mass is 32.2. The first-order chi connectivity index (χ1) is 13.5. The number of hydrogen-bond acceptors (Lipinski definition) is 4. The Morgan fingerprint density at radius 1 is 0.897 bits per heavy atom. The molecular weight excluding hydrogens is 405 g/mol. The van der Waals surface area contributed by atoms with E-state index in [9.17, 15) is 8.42 Å². The van der Waals surface area contributed by atoms with Gasteiger partial charge < -0.3 is 8.94 Å². The predicted molar refractivity (Wildman–Crippen MR) is 118 cm³/mol. The zero-order valence-electron chi connectivity index (χ0n) is 17.3. The van der Waals surface area contributed by atoms with Gasteiger partial charge in [0.2, 0.25) is 7.28 Å². The largest absolute Gasteiger partial charge is 0.457 e. The molecule has 0 N–H and O–H groups in total. The summed E-state index contributed by atoms with van der Waals surface area (Å²) in [5, 5.41) is -0.634. The minimum absolute atomic E-state index is 0.136. The van der Waals surface area contributed by atoms with Crippen molar-refractivity contribution in [3.8, 4) is 5.75 Å². The van der Waals surface area contributed by atoms with Crippen LogP contribution < -0.4 is 10.0 Å². The van der Waals surface area contributed by atoms with Crippen LogP contribution in [0.3, 0.4) is 0 Å². The third kappa shape index (κ3) is 4.49. The topological polar surface area (TPSA) is 68.9 Å². The summed E-state index contributed by atoms with van der Waals surface area (Å²) in [6.45, 7) is 9.50. The molecule has 0 spiro atoms. The highest BCUT2D eigenvalue weighted by molar-refractivity contribution is 7.95. The van der Waals surface area contributed by atoms with Crippen molar-refractivity contribution < 1.29 is 17.4 Å². The summed E-state index contributed by atoms with van der Waals surface area (Å²) in [6, 6.07) is 19.4. The van der Waals surface area contributed by atoms with E-state index in [-0.39, 0.29) is 4.90 Å². The van der Waals surface area contributed by atoms with Crippen molar-refractivity contribution in [1.82, 2.24) is 0 Å². The first-order valence-electron chi connectivity index (χ1n) is 9.30. The van der Waals surface area contributed by atoms with E-state index in [4.69, 9.17) is 8.94 Å².